The topological polar surface area (TPSA) is 73.3 Å². The first kappa shape index (κ1) is 21.2. The van der Waals surface area contributed by atoms with Gasteiger partial charge in [-0.3, -0.25) is 9.78 Å². The average molecular weight is 435 g/mol. The van der Waals surface area contributed by atoms with Crippen LogP contribution in [-0.2, 0) is 6.54 Å². The molecular formula is C24H19F2N3O3. The zero-order valence-electron chi connectivity index (χ0n) is 17.4. The molecule has 162 valence electrons. The van der Waals surface area contributed by atoms with Gasteiger partial charge in [-0.05, 0) is 55.0 Å². The monoisotopic (exact) mass is 435 g/mol. The van der Waals surface area contributed by atoms with Crippen LogP contribution in [0, 0.1) is 18.8 Å². The van der Waals surface area contributed by atoms with Crippen molar-refractivity contribution in [1.82, 2.24) is 15.3 Å². The van der Waals surface area contributed by atoms with E-state index in [1.807, 2.05) is 18.2 Å². The summed E-state index contributed by atoms with van der Waals surface area (Å²) < 4.78 is 37.9. The molecule has 0 aliphatic rings. The Labute approximate surface area is 182 Å². The molecule has 0 unspecified atom stereocenters. The molecule has 0 spiro atoms. The van der Waals surface area contributed by atoms with Crippen LogP contribution in [0.3, 0.4) is 0 Å². The Morgan fingerprint density at radius 2 is 1.81 bits per heavy atom. The molecule has 0 radical (unpaired) electrons. The Kier molecular flexibility index (Phi) is 5.93. The fourth-order valence-corrected chi connectivity index (χ4v) is 3.30. The van der Waals surface area contributed by atoms with E-state index in [1.54, 1.807) is 44.5 Å². The highest BCUT2D eigenvalue weighted by Gasteiger charge is 2.15. The third-order valence-electron chi connectivity index (χ3n) is 4.93. The van der Waals surface area contributed by atoms with Gasteiger partial charge < -0.3 is 14.8 Å². The highest BCUT2D eigenvalue weighted by atomic mass is 19.1. The maximum absolute atomic E-state index is 13.3. The second kappa shape index (κ2) is 8.97. The smallest absolute Gasteiger partial charge is 0.251 e. The van der Waals surface area contributed by atoms with Crippen molar-refractivity contribution in [2.45, 2.75) is 13.5 Å². The van der Waals surface area contributed by atoms with Crippen molar-refractivity contribution in [3.63, 3.8) is 0 Å². The number of carbonyl (C=O) groups excluding carboxylic acids is 1. The number of aromatic nitrogens is 2. The number of ether oxygens (including phenoxy) is 2. The van der Waals surface area contributed by atoms with Crippen LogP contribution in [0.25, 0.3) is 10.9 Å². The van der Waals surface area contributed by atoms with Crippen LogP contribution in [0.1, 0.15) is 21.5 Å². The molecule has 0 saturated heterocycles. The number of fused-ring (bicyclic) bond motifs is 1. The van der Waals surface area contributed by atoms with Gasteiger partial charge in [-0.25, -0.2) is 0 Å². The predicted octanol–water partition coefficient (Wildman–Crippen LogP) is 4.95. The second-order valence-corrected chi connectivity index (χ2v) is 7.03. The van der Waals surface area contributed by atoms with Crippen LogP contribution in [0.4, 0.5) is 8.78 Å². The first-order chi connectivity index (χ1) is 15.4. The van der Waals surface area contributed by atoms with Gasteiger partial charge in [0.2, 0.25) is 11.9 Å². The summed E-state index contributed by atoms with van der Waals surface area (Å²) in [5, 5.41) is 3.46. The number of nitrogens with one attached hydrogen (secondary N) is 1. The van der Waals surface area contributed by atoms with Gasteiger partial charge in [0.25, 0.3) is 5.91 Å². The van der Waals surface area contributed by atoms with E-state index < -0.39 is 17.8 Å². The van der Waals surface area contributed by atoms with E-state index in [9.17, 15) is 13.6 Å². The number of methoxy groups -OCH3 is 1. The summed E-state index contributed by atoms with van der Waals surface area (Å²) in [5.74, 6) is -0.505. The molecule has 2 heterocycles. The Hall–Kier alpha value is -4.07. The molecule has 2 aromatic heterocycles. The van der Waals surface area contributed by atoms with Crippen LogP contribution < -0.4 is 14.8 Å². The zero-order valence-corrected chi connectivity index (χ0v) is 17.4. The van der Waals surface area contributed by atoms with Crippen LogP contribution in [0.5, 0.6) is 17.2 Å². The van der Waals surface area contributed by atoms with Crippen molar-refractivity contribution in [2.24, 2.45) is 0 Å². The van der Waals surface area contributed by atoms with Gasteiger partial charge in [0, 0.05) is 35.3 Å². The molecule has 0 aliphatic carbocycles. The largest absolute Gasteiger partial charge is 0.497 e. The number of carbonyl (C=O) groups is 1. The molecule has 4 aromatic rings. The molecule has 1 N–H and O–H groups in total. The lowest BCUT2D eigenvalue weighted by Crippen LogP contribution is -2.24. The molecular weight excluding hydrogens is 416 g/mol. The standard InChI is InChI=1S/C24H19F2N3O3/c1-14-17(24(30)28-13-15-10-22(25)29-23(26)11-15)4-3-5-20(14)32-21-8-9-27-19-12-16(31-2)6-7-18(19)21/h3-12H,13H2,1-2H3,(H,28,30). The average Bonchev–Trinajstić information content (AvgIpc) is 2.78. The van der Waals surface area contributed by atoms with Gasteiger partial charge in [0.15, 0.2) is 0 Å². The van der Waals surface area contributed by atoms with E-state index in [-0.39, 0.29) is 12.1 Å². The van der Waals surface area contributed by atoms with E-state index in [0.717, 1.165) is 17.5 Å². The Morgan fingerprint density at radius 3 is 2.56 bits per heavy atom. The van der Waals surface area contributed by atoms with E-state index >= 15 is 0 Å². The van der Waals surface area contributed by atoms with E-state index in [0.29, 0.717) is 33.9 Å². The molecule has 0 fully saturated rings. The molecule has 2 aromatic carbocycles. The minimum atomic E-state index is -0.942. The molecule has 1 amide bonds. The summed E-state index contributed by atoms with van der Waals surface area (Å²) in [6.45, 7) is 1.72. The molecule has 32 heavy (non-hydrogen) atoms. The molecule has 6 nitrogen and oxygen atoms in total. The number of hydrogen-bond donors (Lipinski definition) is 1. The molecule has 4 rings (SSSR count). The highest BCUT2D eigenvalue weighted by molar-refractivity contribution is 5.96. The van der Waals surface area contributed by atoms with E-state index in [2.05, 4.69) is 15.3 Å². The lowest BCUT2D eigenvalue weighted by molar-refractivity contribution is 0.0949. The van der Waals surface area contributed by atoms with Crippen molar-refractivity contribution in [3.8, 4) is 17.2 Å². The van der Waals surface area contributed by atoms with Gasteiger partial charge >= 0.3 is 0 Å². The summed E-state index contributed by atoms with van der Waals surface area (Å²) in [6.07, 6.45) is 1.63. The quantitative estimate of drug-likeness (QED) is 0.434. The van der Waals surface area contributed by atoms with Gasteiger partial charge in [0.1, 0.15) is 17.2 Å². The second-order valence-electron chi connectivity index (χ2n) is 7.03. The number of nitrogens with zero attached hydrogens (tertiary/aromatic N) is 2. The number of pyridine rings is 2. The minimum absolute atomic E-state index is 0.0451. The molecule has 0 bridgehead atoms. The summed E-state index contributed by atoms with van der Waals surface area (Å²) >= 11 is 0. The molecule has 8 heteroatoms. The summed E-state index contributed by atoms with van der Waals surface area (Å²) in [7, 11) is 1.59. The van der Waals surface area contributed by atoms with Crippen LogP contribution in [0.15, 0.2) is 60.8 Å². The van der Waals surface area contributed by atoms with Crippen molar-refractivity contribution in [3.05, 3.63) is 89.4 Å². The van der Waals surface area contributed by atoms with Crippen molar-refractivity contribution < 1.29 is 23.0 Å². The third kappa shape index (κ3) is 4.49. The zero-order chi connectivity index (χ0) is 22.7. The Balaban J connectivity index is 1.56. The normalized spacial score (nSPS) is 10.8. The van der Waals surface area contributed by atoms with Gasteiger partial charge in [-0.15, -0.1) is 0 Å². The van der Waals surface area contributed by atoms with E-state index in [4.69, 9.17) is 9.47 Å². The van der Waals surface area contributed by atoms with Crippen LogP contribution in [0.2, 0.25) is 0 Å². The SMILES string of the molecule is COc1ccc2c(Oc3cccc(C(=O)NCc4cc(F)nc(F)c4)c3C)ccnc2c1. The number of hydrogen-bond acceptors (Lipinski definition) is 5. The lowest BCUT2D eigenvalue weighted by atomic mass is 10.1. The Bertz CT molecular complexity index is 1290. The number of halogens is 2. The molecule has 0 saturated carbocycles. The maximum Gasteiger partial charge on any atom is 0.251 e. The number of rotatable bonds is 6. The van der Waals surface area contributed by atoms with E-state index in [1.165, 1.54) is 0 Å². The predicted molar refractivity (Wildman–Crippen MR) is 115 cm³/mol. The number of benzene rings is 2. The first-order valence-corrected chi connectivity index (χ1v) is 9.75. The summed E-state index contributed by atoms with van der Waals surface area (Å²) in [4.78, 5) is 20.1. The third-order valence-corrected chi connectivity index (χ3v) is 4.93. The fourth-order valence-electron chi connectivity index (χ4n) is 3.30. The molecule has 0 atom stereocenters. The van der Waals surface area contributed by atoms with Gasteiger partial charge in [-0.2, -0.15) is 13.8 Å². The maximum atomic E-state index is 13.3. The highest BCUT2D eigenvalue weighted by Crippen LogP contribution is 2.33. The fraction of sp³-hybridized carbons (Fsp3) is 0.125. The van der Waals surface area contributed by atoms with Gasteiger partial charge in [-0.1, -0.05) is 6.07 Å². The first-order valence-electron chi connectivity index (χ1n) is 9.75. The minimum Gasteiger partial charge on any atom is -0.497 e. The Morgan fingerprint density at radius 1 is 1.03 bits per heavy atom. The van der Waals surface area contributed by atoms with Gasteiger partial charge in [0.05, 0.1) is 12.6 Å². The lowest BCUT2D eigenvalue weighted by Gasteiger charge is -2.14. The summed E-state index contributed by atoms with van der Waals surface area (Å²) in [5.41, 5.74) is 1.99. The number of amides is 1. The molecule has 0 aliphatic heterocycles. The van der Waals surface area contributed by atoms with Crippen molar-refractivity contribution in [1.29, 1.82) is 0 Å². The summed E-state index contributed by atoms with van der Waals surface area (Å²) in [6, 6.07) is 14.5. The van der Waals surface area contributed by atoms with Crippen molar-refractivity contribution in [2.75, 3.05) is 7.11 Å². The van der Waals surface area contributed by atoms with Crippen molar-refractivity contribution >= 4 is 16.8 Å². The van der Waals surface area contributed by atoms with Crippen LogP contribution in [-0.4, -0.2) is 23.0 Å². The van der Waals surface area contributed by atoms with Crippen LogP contribution >= 0.6 is 0 Å².